The van der Waals surface area contributed by atoms with E-state index in [0.29, 0.717) is 17.8 Å². The summed E-state index contributed by atoms with van der Waals surface area (Å²) < 4.78 is 6.54. The summed E-state index contributed by atoms with van der Waals surface area (Å²) in [5.74, 6) is 3.48. The maximum atomic E-state index is 6.54. The van der Waals surface area contributed by atoms with Gasteiger partial charge in [0.15, 0.2) is 0 Å². The first kappa shape index (κ1) is 23.8. The van der Waals surface area contributed by atoms with Crippen molar-refractivity contribution in [2.24, 2.45) is 17.8 Å². The monoisotopic (exact) mass is 512 g/mol. The molecule has 1 heterocycles. The molecule has 1 nitrogen and oxygen atoms in total. The van der Waals surface area contributed by atoms with Crippen molar-refractivity contribution in [2.45, 2.75) is 82.7 Å². The van der Waals surface area contributed by atoms with Crippen molar-refractivity contribution < 1.29 is 4.74 Å². The Kier molecular flexibility index (Phi) is 6.01. The first-order chi connectivity index (χ1) is 19.4. The second kappa shape index (κ2) is 9.84. The van der Waals surface area contributed by atoms with Crippen LogP contribution in [0.15, 0.2) is 118 Å². The van der Waals surface area contributed by atoms with Gasteiger partial charge in [-0.1, -0.05) is 84.0 Å². The molecule has 0 amide bonds. The van der Waals surface area contributed by atoms with Gasteiger partial charge >= 0.3 is 0 Å². The van der Waals surface area contributed by atoms with Crippen molar-refractivity contribution in [3.8, 4) is 5.75 Å². The lowest BCUT2D eigenvalue weighted by Crippen LogP contribution is -2.30. The maximum absolute atomic E-state index is 6.54. The summed E-state index contributed by atoms with van der Waals surface area (Å²) in [6.07, 6.45) is 36.0. The molecule has 1 aromatic carbocycles. The van der Waals surface area contributed by atoms with E-state index in [0.717, 1.165) is 30.9 Å². The first-order valence-corrected chi connectivity index (χ1v) is 15.7. The molecule has 1 aliphatic heterocycles. The zero-order valence-corrected chi connectivity index (χ0v) is 23.1. The summed E-state index contributed by atoms with van der Waals surface area (Å²) in [7, 11) is 0. The fourth-order valence-electron chi connectivity index (χ4n) is 8.89. The van der Waals surface area contributed by atoms with E-state index in [1.54, 1.807) is 27.9 Å². The predicted octanol–water partition coefficient (Wildman–Crippen LogP) is 9.79. The Balaban J connectivity index is 1.23. The topological polar surface area (TPSA) is 9.23 Å². The second-order valence-electron chi connectivity index (χ2n) is 12.6. The largest absolute Gasteiger partial charge is 0.489 e. The maximum Gasteiger partial charge on any atom is 0.123 e. The summed E-state index contributed by atoms with van der Waals surface area (Å²) in [5.41, 5.74) is 12.9. The van der Waals surface area contributed by atoms with Crippen molar-refractivity contribution in [1.29, 1.82) is 0 Å². The number of allylic oxidation sites excluding steroid dienone is 15. The Hall–Kier alpha value is -3.06. The molecule has 0 aromatic heterocycles. The molecule has 0 spiro atoms. The quantitative estimate of drug-likeness (QED) is 0.366. The van der Waals surface area contributed by atoms with E-state index in [2.05, 4.69) is 78.9 Å². The van der Waals surface area contributed by atoms with E-state index in [1.807, 2.05) is 0 Å². The molecule has 6 aliphatic carbocycles. The van der Waals surface area contributed by atoms with Gasteiger partial charge in [0.2, 0.25) is 0 Å². The Morgan fingerprint density at radius 1 is 0.744 bits per heavy atom. The molecule has 7 aliphatic rings. The fourth-order valence-corrected chi connectivity index (χ4v) is 8.89. The van der Waals surface area contributed by atoms with Gasteiger partial charge in [0.25, 0.3) is 0 Å². The zero-order valence-electron chi connectivity index (χ0n) is 23.1. The second-order valence-corrected chi connectivity index (χ2v) is 12.6. The van der Waals surface area contributed by atoms with Crippen LogP contribution in [0.2, 0.25) is 0 Å². The molecule has 5 atom stereocenters. The van der Waals surface area contributed by atoms with Gasteiger partial charge in [-0.3, -0.25) is 0 Å². The number of ether oxygens (including phenoxy) is 1. The number of rotatable bonds is 3. The lowest BCUT2D eigenvalue weighted by atomic mass is 9.61. The summed E-state index contributed by atoms with van der Waals surface area (Å²) in [4.78, 5) is 0. The minimum Gasteiger partial charge on any atom is -0.489 e. The average Bonchev–Trinajstić information content (AvgIpc) is 3.40. The molecular formula is C38H40O. The Labute approximate surface area is 234 Å². The van der Waals surface area contributed by atoms with Crippen molar-refractivity contribution in [2.75, 3.05) is 0 Å². The van der Waals surface area contributed by atoms with Crippen LogP contribution in [-0.2, 0) is 0 Å². The minimum absolute atomic E-state index is 0.270. The molecule has 1 heteroatoms. The lowest BCUT2D eigenvalue weighted by molar-refractivity contribution is 0.201. The molecule has 39 heavy (non-hydrogen) atoms. The van der Waals surface area contributed by atoms with Crippen LogP contribution in [0.5, 0.6) is 5.75 Å². The Morgan fingerprint density at radius 2 is 1.72 bits per heavy atom. The van der Waals surface area contributed by atoms with Gasteiger partial charge in [-0.2, -0.15) is 0 Å². The SMILES string of the molecule is C1=CCC2C(=C1)C(C1=CCCC3Oc4ccccc4C13)=C1C=CCCC1=C2C1CC=C(C2CC=CCC2)CC1. The molecule has 0 N–H and O–H groups in total. The smallest absolute Gasteiger partial charge is 0.123 e. The van der Waals surface area contributed by atoms with Crippen LogP contribution < -0.4 is 4.74 Å². The van der Waals surface area contributed by atoms with E-state index in [4.69, 9.17) is 4.74 Å². The van der Waals surface area contributed by atoms with Crippen LogP contribution >= 0.6 is 0 Å². The average molecular weight is 513 g/mol. The molecule has 0 saturated heterocycles. The third-order valence-corrected chi connectivity index (χ3v) is 10.6. The van der Waals surface area contributed by atoms with Crippen molar-refractivity contribution in [1.82, 2.24) is 0 Å². The van der Waals surface area contributed by atoms with E-state index >= 15 is 0 Å². The predicted molar refractivity (Wildman–Crippen MR) is 161 cm³/mol. The van der Waals surface area contributed by atoms with Crippen molar-refractivity contribution >= 4 is 0 Å². The summed E-state index contributed by atoms with van der Waals surface area (Å²) in [6, 6.07) is 8.80. The number of fused-ring (bicyclic) bond motifs is 5. The highest BCUT2D eigenvalue weighted by atomic mass is 16.5. The van der Waals surface area contributed by atoms with Gasteiger partial charge in [0.05, 0.1) is 0 Å². The van der Waals surface area contributed by atoms with Crippen molar-refractivity contribution in [3.05, 3.63) is 124 Å². The standard InChI is InChI=1S/C38H40O/c1-2-11-25(12-3-1)26-21-23-27(24-22-26)36-28-13-4-6-15-30(28)37(31-16-7-5-14-29(31)36)33-18-10-20-35-38(33)32-17-8-9-19-34(32)39-35/h1-2,4,6-9,15-19,21,25,27-28,35,38H,3,5,10-14,20,22-24H2. The van der Waals surface area contributed by atoms with Crippen LogP contribution in [0.3, 0.4) is 0 Å². The van der Waals surface area contributed by atoms with Crippen LogP contribution in [0.25, 0.3) is 0 Å². The van der Waals surface area contributed by atoms with Crippen LogP contribution in [0, 0.1) is 17.8 Å². The molecule has 0 bridgehead atoms. The zero-order chi connectivity index (χ0) is 25.8. The van der Waals surface area contributed by atoms with E-state index in [-0.39, 0.29) is 6.10 Å². The van der Waals surface area contributed by atoms with Gasteiger partial charge in [-0.15, -0.1) is 0 Å². The minimum atomic E-state index is 0.270. The first-order valence-electron chi connectivity index (χ1n) is 15.7. The van der Waals surface area contributed by atoms with Crippen LogP contribution in [-0.4, -0.2) is 6.10 Å². The molecule has 198 valence electrons. The van der Waals surface area contributed by atoms with Crippen LogP contribution in [0.1, 0.15) is 82.1 Å². The number of para-hydroxylation sites is 1. The van der Waals surface area contributed by atoms with E-state index in [1.165, 1.54) is 68.1 Å². The highest BCUT2D eigenvalue weighted by Crippen LogP contribution is 2.56. The van der Waals surface area contributed by atoms with Gasteiger partial charge in [0, 0.05) is 17.4 Å². The molecule has 5 unspecified atom stereocenters. The molecule has 0 saturated carbocycles. The molecular weight excluding hydrogens is 472 g/mol. The number of hydrogen-bond acceptors (Lipinski definition) is 1. The lowest BCUT2D eigenvalue weighted by Gasteiger charge is -2.42. The third-order valence-electron chi connectivity index (χ3n) is 10.6. The van der Waals surface area contributed by atoms with Gasteiger partial charge in [0.1, 0.15) is 11.9 Å². The third kappa shape index (κ3) is 3.95. The summed E-state index contributed by atoms with van der Waals surface area (Å²) >= 11 is 0. The molecule has 8 rings (SSSR count). The van der Waals surface area contributed by atoms with E-state index in [9.17, 15) is 0 Å². The van der Waals surface area contributed by atoms with Gasteiger partial charge < -0.3 is 4.74 Å². The normalized spacial score (nSPS) is 32.9. The van der Waals surface area contributed by atoms with Gasteiger partial charge in [-0.05, 0) is 116 Å². The summed E-state index contributed by atoms with van der Waals surface area (Å²) in [5, 5.41) is 0. The summed E-state index contributed by atoms with van der Waals surface area (Å²) in [6.45, 7) is 0. The number of benzene rings is 1. The number of hydrogen-bond donors (Lipinski definition) is 0. The molecule has 0 radical (unpaired) electrons. The molecule has 0 fully saturated rings. The molecule has 1 aromatic rings. The fraction of sp³-hybridized carbons (Fsp3) is 0.421. The highest BCUT2D eigenvalue weighted by Gasteiger charge is 2.44. The van der Waals surface area contributed by atoms with Crippen LogP contribution in [0.4, 0.5) is 0 Å². The van der Waals surface area contributed by atoms with Gasteiger partial charge in [-0.25, -0.2) is 0 Å². The van der Waals surface area contributed by atoms with E-state index < -0.39 is 0 Å². The Bertz CT molecular complexity index is 1430. The highest BCUT2D eigenvalue weighted by molar-refractivity contribution is 5.70. The Morgan fingerprint density at radius 3 is 2.62 bits per heavy atom. The van der Waals surface area contributed by atoms with Crippen molar-refractivity contribution in [3.63, 3.8) is 0 Å².